The van der Waals surface area contributed by atoms with Crippen LogP contribution in [0.25, 0.3) is 0 Å². The van der Waals surface area contributed by atoms with Gasteiger partial charge >= 0.3 is 18.0 Å². The molecule has 0 atom stereocenters. The van der Waals surface area contributed by atoms with E-state index in [1.54, 1.807) is 42.5 Å². The van der Waals surface area contributed by atoms with Crippen LogP contribution in [0.2, 0.25) is 15.1 Å². The third kappa shape index (κ3) is 27.6. The first-order valence-electron chi connectivity index (χ1n) is 36.0. The van der Waals surface area contributed by atoms with Gasteiger partial charge in [-0.05, 0) is 272 Å². The molecule has 3 aromatic rings. The highest BCUT2D eigenvalue weighted by molar-refractivity contribution is 9.09. The maximum Gasteiger partial charge on any atom is 0.407 e. The van der Waals surface area contributed by atoms with Crippen LogP contribution in [0, 0.1) is 20.8 Å². The van der Waals surface area contributed by atoms with E-state index in [2.05, 4.69) is 52.3 Å². The Morgan fingerprint density at radius 1 is 0.539 bits per heavy atom. The molecule has 0 bridgehead atoms. The summed E-state index contributed by atoms with van der Waals surface area (Å²) in [6.45, 7) is 24.5. The molecule has 5 aliphatic carbocycles. The van der Waals surface area contributed by atoms with Crippen molar-refractivity contribution >= 4 is 102 Å². The summed E-state index contributed by atoms with van der Waals surface area (Å²) in [6, 6.07) is 11.7. The number of carbonyl (C=O) groups is 6. The van der Waals surface area contributed by atoms with E-state index in [9.17, 15) is 28.8 Å². The Morgan fingerprint density at radius 2 is 0.892 bits per heavy atom. The van der Waals surface area contributed by atoms with Gasteiger partial charge in [0.25, 0.3) is 5.91 Å². The predicted octanol–water partition coefficient (Wildman–Crippen LogP) is 18.6. The molecular formula is C80H114Br2Cl3N5O12. The van der Waals surface area contributed by atoms with Crippen molar-refractivity contribution in [2.45, 2.75) is 247 Å². The number of esters is 2. The molecular weight excluding hydrogens is 1490 g/mol. The molecule has 2 aliphatic heterocycles. The van der Waals surface area contributed by atoms with Crippen molar-refractivity contribution in [2.24, 2.45) is 5.73 Å². The molecule has 0 radical (unpaired) electrons. The lowest BCUT2D eigenvalue weighted by atomic mass is 9.92. The summed E-state index contributed by atoms with van der Waals surface area (Å²) < 4.78 is 33.6. The van der Waals surface area contributed by atoms with Crippen LogP contribution in [0.15, 0.2) is 82.0 Å². The highest BCUT2D eigenvalue weighted by atomic mass is 79.9. The fraction of sp³-hybridized carbons (Fsp3) is 0.600. The molecule has 2 heterocycles. The van der Waals surface area contributed by atoms with Gasteiger partial charge in [0.1, 0.15) is 22.8 Å². The summed E-state index contributed by atoms with van der Waals surface area (Å²) in [5.41, 5.74) is 14.4. The number of hydrogen-bond donors (Lipinski definition) is 3. The fourth-order valence-electron chi connectivity index (χ4n) is 14.0. The molecule has 7 aliphatic rings. The van der Waals surface area contributed by atoms with Gasteiger partial charge in [0.15, 0.2) is 11.6 Å². The normalized spacial score (nSPS) is 21.5. The van der Waals surface area contributed by atoms with E-state index >= 15 is 0 Å². The Balaban J connectivity index is 0.000000248. The van der Waals surface area contributed by atoms with Gasteiger partial charge in [0.2, 0.25) is 0 Å². The Morgan fingerprint density at radius 3 is 1.24 bits per heavy atom. The van der Waals surface area contributed by atoms with Crippen molar-refractivity contribution in [2.75, 3.05) is 64.1 Å². The number of rotatable bonds is 18. The van der Waals surface area contributed by atoms with Crippen LogP contribution in [0.3, 0.4) is 0 Å². The van der Waals surface area contributed by atoms with Crippen molar-refractivity contribution < 1.29 is 57.2 Å². The van der Waals surface area contributed by atoms with Gasteiger partial charge in [-0.2, -0.15) is 0 Å². The predicted molar refractivity (Wildman–Crippen MR) is 419 cm³/mol. The van der Waals surface area contributed by atoms with Gasteiger partial charge in [0.05, 0.1) is 43.7 Å². The molecule has 3 saturated carbocycles. The minimum Gasteiger partial charge on any atom is -0.490 e. The molecule has 102 heavy (non-hydrogen) atoms. The van der Waals surface area contributed by atoms with E-state index in [4.69, 9.17) is 69.0 Å². The van der Waals surface area contributed by atoms with Crippen molar-refractivity contribution in [3.05, 3.63) is 130 Å². The first-order valence-corrected chi connectivity index (χ1v) is 39.4. The lowest BCUT2D eigenvalue weighted by molar-refractivity contribution is -0.112. The first kappa shape index (κ1) is 87.4. The summed E-state index contributed by atoms with van der Waals surface area (Å²) >= 11 is 25.3. The second-order valence-corrected chi connectivity index (χ2v) is 31.5. The van der Waals surface area contributed by atoms with E-state index in [1.807, 2.05) is 75.3 Å². The number of allylic oxidation sites excluding steroid dienone is 6. The number of carbonyl (C=O) groups excluding carboxylic acids is 6. The average Bonchev–Trinajstić information content (AvgIpc) is 0.887. The van der Waals surface area contributed by atoms with Gasteiger partial charge < -0.3 is 54.6 Å². The Kier molecular flexibility index (Phi) is 37.2. The van der Waals surface area contributed by atoms with E-state index < -0.39 is 11.6 Å². The van der Waals surface area contributed by atoms with Crippen molar-refractivity contribution in [1.29, 1.82) is 0 Å². The quantitative estimate of drug-likeness (QED) is 0.0467. The number of amides is 2. The molecule has 2 saturated heterocycles. The monoisotopic (exact) mass is 1600 g/mol. The summed E-state index contributed by atoms with van der Waals surface area (Å²) in [4.78, 5) is 77.5. The highest BCUT2D eigenvalue weighted by Crippen LogP contribution is 2.37. The van der Waals surface area contributed by atoms with Gasteiger partial charge in [-0.15, -0.1) is 0 Å². The number of nitrogens with one attached hydrogen (secondary N) is 2. The molecule has 3 aromatic carbocycles. The van der Waals surface area contributed by atoms with Crippen LogP contribution in [0.4, 0.5) is 4.79 Å². The number of alkyl halides is 2. The Labute approximate surface area is 640 Å². The van der Waals surface area contributed by atoms with Crippen LogP contribution in [-0.2, 0) is 23.8 Å². The molecule has 0 aromatic heterocycles. The number of likely N-dealkylation sites (tertiary alicyclic amines) is 2. The molecule has 2 amide bonds. The summed E-state index contributed by atoms with van der Waals surface area (Å²) in [5.74, 6) is 0.986. The van der Waals surface area contributed by atoms with Crippen LogP contribution in [0.5, 0.6) is 17.2 Å². The molecule has 10 rings (SSSR count). The standard InChI is InChI=1S/C27H35ClN2O3.C20H28ClNO5.C19H26ClNO3.C9H13NO.C4H8Br2.CH4/c1-17-12-18(2)24(25(31)13-17)16-29-27(32)23-14-20(28)15-26(19(23)3)33-22-8-6-21(7-9-22)30-10-4-5-11-30;1-12-16(18(23)25-5)10-13(21)11-17(12)26-15-8-6-14(7-9-15)22-19(24)27-20(2,3)4;1-13-17(19(22)23-2)11-14(20)12-18(13)24-16-7-5-15(6-8-16)21-9-3-4-10-21;1-6-3-7(2)8(5-10)9(11)4-6;5-3-1-2-4-6;/h13-15,21-22H,4-12,16H2,1-3H3,(H,29,32);10-11,14-15H,6-9H2,1-5H3,(H,22,24);11-12,15-16H,3-10H2,1-2H3;4H,3,5,10H2,1-2H3;1-4H2;1H4. The van der Waals surface area contributed by atoms with E-state index in [-0.39, 0.29) is 67.9 Å². The average molecular weight is 1600 g/mol. The smallest absolute Gasteiger partial charge is 0.407 e. The Bertz CT molecular complexity index is 3440. The molecule has 0 unspecified atom stereocenters. The molecule has 5 fully saturated rings. The molecule has 22 heteroatoms. The topological polar surface area (TPSA) is 214 Å². The van der Waals surface area contributed by atoms with Gasteiger partial charge in [-0.1, -0.05) is 96.4 Å². The van der Waals surface area contributed by atoms with Crippen molar-refractivity contribution in [3.63, 3.8) is 0 Å². The van der Waals surface area contributed by atoms with Gasteiger partial charge in [-0.25, -0.2) is 14.4 Å². The lowest BCUT2D eigenvalue weighted by Crippen LogP contribution is -2.42. The van der Waals surface area contributed by atoms with Crippen LogP contribution >= 0.6 is 66.7 Å². The third-order valence-electron chi connectivity index (χ3n) is 19.5. The van der Waals surface area contributed by atoms with Crippen molar-refractivity contribution in [3.8, 4) is 17.2 Å². The summed E-state index contributed by atoms with van der Waals surface area (Å²) in [6.07, 6.45) is 24.9. The number of alkyl carbamates (subject to hydrolysis) is 1. The SMILES string of the molecule is BrCCCCBr.C.CC1=CC(=O)C(CN)=C(C)C1.CC1=CC(=O)C(CNC(=O)c2cc(Cl)cc(OC3CCC(N4CCCC4)CC3)c2C)=C(C)C1.COC(=O)c1cc(Cl)cc(OC2CCC(N3CCCC3)CC2)c1C.COC(=O)c1cc(Cl)cc(OC2CCC(NC(=O)OC(C)(C)C)CC2)c1C. The van der Waals surface area contributed by atoms with Crippen molar-refractivity contribution in [1.82, 2.24) is 20.4 Å². The van der Waals surface area contributed by atoms with Crippen LogP contribution in [-0.4, -0.2) is 151 Å². The number of methoxy groups -OCH3 is 2. The van der Waals surface area contributed by atoms with E-state index in [0.29, 0.717) is 72.7 Å². The number of nitrogens with zero attached hydrogens (tertiary/aromatic N) is 2. The van der Waals surface area contributed by atoms with Crippen LogP contribution < -0.4 is 30.6 Å². The second-order valence-electron chi connectivity index (χ2n) is 28.6. The first-order chi connectivity index (χ1) is 48.0. The maximum absolute atomic E-state index is 13.0. The Hall–Kier alpha value is -5.25. The lowest BCUT2D eigenvalue weighted by Gasteiger charge is -2.34. The number of halogens is 5. The van der Waals surface area contributed by atoms with Gasteiger partial charge in [0, 0.05) is 90.3 Å². The third-order valence-corrected chi connectivity index (χ3v) is 21.3. The van der Waals surface area contributed by atoms with E-state index in [1.165, 1.54) is 91.8 Å². The number of nitrogens with two attached hydrogens (primary N) is 1. The summed E-state index contributed by atoms with van der Waals surface area (Å²) in [7, 11) is 2.71. The highest BCUT2D eigenvalue weighted by Gasteiger charge is 2.32. The van der Waals surface area contributed by atoms with Gasteiger partial charge in [-0.3, -0.25) is 14.4 Å². The zero-order valence-electron chi connectivity index (χ0n) is 61.6. The number of benzene rings is 3. The maximum atomic E-state index is 13.0. The minimum atomic E-state index is -0.508. The number of ether oxygens (including phenoxy) is 6. The summed E-state index contributed by atoms with van der Waals surface area (Å²) in [5, 5.41) is 9.51. The zero-order valence-corrected chi connectivity index (χ0v) is 67.1. The number of ketones is 2. The van der Waals surface area contributed by atoms with Crippen LogP contribution in [0.1, 0.15) is 232 Å². The largest absolute Gasteiger partial charge is 0.490 e. The second kappa shape index (κ2) is 43.4. The molecule has 4 N–H and O–H groups in total. The zero-order chi connectivity index (χ0) is 74.1. The molecule has 0 spiro atoms. The minimum absolute atomic E-state index is 0. The fourth-order valence-corrected chi connectivity index (χ4v) is 15.4. The number of unbranched alkanes of at least 4 members (excludes halogenated alkanes) is 1. The number of hydrogen-bond acceptors (Lipinski definition) is 15. The molecule has 17 nitrogen and oxygen atoms in total. The molecule has 566 valence electrons. The van der Waals surface area contributed by atoms with E-state index in [0.717, 1.165) is 133 Å².